The molecule has 96 valence electrons. The molecule has 7 heteroatoms. The molecule has 7 nitrogen and oxygen atoms in total. The summed E-state index contributed by atoms with van der Waals surface area (Å²) >= 11 is 0. The average Bonchev–Trinajstić information content (AvgIpc) is 2.33. The molecular weight excluding hydrogens is 224 g/mol. The molecule has 0 aliphatic carbocycles. The van der Waals surface area contributed by atoms with Gasteiger partial charge >= 0.3 is 0 Å². The second-order valence-electron chi connectivity index (χ2n) is 3.27. The number of methoxy groups -OCH3 is 1. The number of ether oxygens (including phenoxy) is 2. The van der Waals surface area contributed by atoms with Crippen molar-refractivity contribution < 1.29 is 14.6 Å². The van der Waals surface area contributed by atoms with Crippen LogP contribution >= 0.6 is 0 Å². The Morgan fingerprint density at radius 2 is 2.24 bits per heavy atom. The normalized spacial score (nSPS) is 10.2. The van der Waals surface area contributed by atoms with Crippen LogP contribution in [0, 0.1) is 0 Å². The smallest absolute Gasteiger partial charge is 0.225 e. The number of nitrogens with two attached hydrogens (primary N) is 1. The predicted molar refractivity (Wildman–Crippen MR) is 64.0 cm³/mol. The Hall–Kier alpha value is -1.60. The van der Waals surface area contributed by atoms with E-state index in [9.17, 15) is 0 Å². The number of nitrogens with zero attached hydrogens (tertiary/aromatic N) is 2. The fourth-order valence-electron chi connectivity index (χ4n) is 1.20. The summed E-state index contributed by atoms with van der Waals surface area (Å²) in [6, 6.07) is 1.67. The van der Waals surface area contributed by atoms with E-state index < -0.39 is 0 Å². The predicted octanol–water partition coefficient (Wildman–Crippen LogP) is -0.122. The van der Waals surface area contributed by atoms with Gasteiger partial charge in [-0.3, -0.25) is 0 Å². The topological polar surface area (TPSA) is 103 Å². The molecule has 0 saturated carbocycles. The van der Waals surface area contributed by atoms with Crippen LogP contribution in [0.1, 0.15) is 6.42 Å². The molecule has 0 spiro atoms. The SMILES string of the molecule is COc1cc(NCCCOCCO)nc(N)n1. The lowest BCUT2D eigenvalue weighted by molar-refractivity contribution is 0.0922. The second kappa shape index (κ2) is 7.64. The van der Waals surface area contributed by atoms with E-state index in [-0.39, 0.29) is 12.6 Å². The summed E-state index contributed by atoms with van der Waals surface area (Å²) in [5.74, 6) is 1.22. The lowest BCUT2D eigenvalue weighted by Gasteiger charge is -2.07. The van der Waals surface area contributed by atoms with Crippen LogP contribution in [0.4, 0.5) is 11.8 Å². The van der Waals surface area contributed by atoms with Gasteiger partial charge in [0.15, 0.2) is 0 Å². The Kier molecular flexibility index (Phi) is 6.05. The summed E-state index contributed by atoms with van der Waals surface area (Å²) < 4.78 is 10.1. The number of hydrogen-bond donors (Lipinski definition) is 3. The lowest BCUT2D eigenvalue weighted by Crippen LogP contribution is -2.09. The second-order valence-corrected chi connectivity index (χ2v) is 3.27. The quantitative estimate of drug-likeness (QED) is 0.546. The van der Waals surface area contributed by atoms with E-state index in [0.29, 0.717) is 31.5 Å². The number of nitrogen functional groups attached to an aromatic ring is 1. The minimum Gasteiger partial charge on any atom is -0.481 e. The third kappa shape index (κ3) is 5.32. The fraction of sp³-hybridized carbons (Fsp3) is 0.600. The van der Waals surface area contributed by atoms with Crippen LogP contribution in [0.15, 0.2) is 6.07 Å². The number of nitrogens with one attached hydrogen (secondary N) is 1. The number of anilines is 2. The van der Waals surface area contributed by atoms with Crippen molar-refractivity contribution in [3.8, 4) is 5.88 Å². The molecule has 0 bridgehead atoms. The molecule has 0 unspecified atom stereocenters. The summed E-state index contributed by atoms with van der Waals surface area (Å²) in [6.45, 7) is 1.71. The summed E-state index contributed by atoms with van der Waals surface area (Å²) in [7, 11) is 1.52. The van der Waals surface area contributed by atoms with Crippen LogP contribution < -0.4 is 15.8 Å². The molecule has 0 aromatic carbocycles. The number of rotatable bonds is 8. The van der Waals surface area contributed by atoms with Crippen LogP contribution in [0.25, 0.3) is 0 Å². The zero-order valence-electron chi connectivity index (χ0n) is 9.85. The average molecular weight is 242 g/mol. The van der Waals surface area contributed by atoms with Gasteiger partial charge < -0.3 is 25.6 Å². The van der Waals surface area contributed by atoms with Gasteiger partial charge in [0.25, 0.3) is 0 Å². The molecule has 0 amide bonds. The number of hydrogen-bond acceptors (Lipinski definition) is 7. The molecule has 0 saturated heterocycles. The van der Waals surface area contributed by atoms with E-state index in [1.807, 2.05) is 0 Å². The van der Waals surface area contributed by atoms with E-state index >= 15 is 0 Å². The van der Waals surface area contributed by atoms with Gasteiger partial charge in [0, 0.05) is 19.2 Å². The van der Waals surface area contributed by atoms with Crippen molar-refractivity contribution >= 4 is 11.8 Å². The molecule has 17 heavy (non-hydrogen) atoms. The standard InChI is InChI=1S/C10H18N4O3/c1-16-9-7-8(13-10(11)14-9)12-3-2-5-17-6-4-15/h7,15H,2-6H2,1H3,(H3,11,12,13,14). The van der Waals surface area contributed by atoms with Crippen molar-refractivity contribution in [2.75, 3.05) is 44.5 Å². The molecule has 0 fully saturated rings. The Morgan fingerprint density at radius 1 is 1.41 bits per heavy atom. The molecule has 1 aromatic rings. The zero-order valence-corrected chi connectivity index (χ0v) is 9.85. The first-order valence-electron chi connectivity index (χ1n) is 5.37. The van der Waals surface area contributed by atoms with Crippen molar-refractivity contribution in [2.45, 2.75) is 6.42 Å². The van der Waals surface area contributed by atoms with Gasteiger partial charge in [-0.05, 0) is 6.42 Å². The molecule has 0 atom stereocenters. The van der Waals surface area contributed by atoms with Gasteiger partial charge in [0.05, 0.1) is 20.3 Å². The molecule has 1 aromatic heterocycles. The Bertz CT molecular complexity index is 335. The van der Waals surface area contributed by atoms with Crippen LogP contribution in [-0.2, 0) is 4.74 Å². The van der Waals surface area contributed by atoms with Crippen LogP contribution in [0.5, 0.6) is 5.88 Å². The maximum absolute atomic E-state index is 8.50. The fourth-order valence-corrected chi connectivity index (χ4v) is 1.20. The summed E-state index contributed by atoms with van der Waals surface area (Å²) in [4.78, 5) is 7.88. The highest BCUT2D eigenvalue weighted by Gasteiger charge is 2.01. The minimum absolute atomic E-state index is 0.0487. The van der Waals surface area contributed by atoms with Gasteiger partial charge in [-0.2, -0.15) is 9.97 Å². The molecular formula is C10H18N4O3. The number of aliphatic hydroxyl groups excluding tert-OH is 1. The van der Waals surface area contributed by atoms with E-state index in [2.05, 4.69) is 15.3 Å². The molecule has 4 N–H and O–H groups in total. The first kappa shape index (κ1) is 13.5. The van der Waals surface area contributed by atoms with Crippen molar-refractivity contribution in [1.29, 1.82) is 0 Å². The number of aliphatic hydroxyl groups is 1. The van der Waals surface area contributed by atoms with Crippen molar-refractivity contribution in [3.63, 3.8) is 0 Å². The van der Waals surface area contributed by atoms with Crippen LogP contribution in [0.2, 0.25) is 0 Å². The molecule has 1 rings (SSSR count). The summed E-state index contributed by atoms with van der Waals surface area (Å²) in [5, 5.41) is 11.6. The van der Waals surface area contributed by atoms with Crippen LogP contribution in [-0.4, -0.2) is 48.5 Å². The monoisotopic (exact) mass is 242 g/mol. The van der Waals surface area contributed by atoms with E-state index in [1.54, 1.807) is 6.07 Å². The first-order valence-corrected chi connectivity index (χ1v) is 5.37. The largest absolute Gasteiger partial charge is 0.481 e. The van der Waals surface area contributed by atoms with Crippen molar-refractivity contribution in [3.05, 3.63) is 6.07 Å². The van der Waals surface area contributed by atoms with E-state index in [1.165, 1.54) is 7.11 Å². The molecule has 0 radical (unpaired) electrons. The Labute approximate surface area is 100.0 Å². The summed E-state index contributed by atoms with van der Waals surface area (Å²) in [5.41, 5.74) is 5.51. The van der Waals surface area contributed by atoms with E-state index in [4.69, 9.17) is 20.3 Å². The maximum Gasteiger partial charge on any atom is 0.225 e. The van der Waals surface area contributed by atoms with Crippen molar-refractivity contribution in [2.24, 2.45) is 0 Å². The van der Waals surface area contributed by atoms with Gasteiger partial charge in [-0.25, -0.2) is 0 Å². The minimum atomic E-state index is 0.0487. The van der Waals surface area contributed by atoms with Gasteiger partial charge in [0.1, 0.15) is 5.82 Å². The molecule has 1 heterocycles. The first-order chi connectivity index (χ1) is 8.26. The van der Waals surface area contributed by atoms with Gasteiger partial charge in [-0.15, -0.1) is 0 Å². The zero-order chi connectivity index (χ0) is 12.5. The highest BCUT2D eigenvalue weighted by atomic mass is 16.5. The van der Waals surface area contributed by atoms with Crippen LogP contribution in [0.3, 0.4) is 0 Å². The highest BCUT2D eigenvalue weighted by molar-refractivity contribution is 5.42. The molecule has 0 aliphatic rings. The number of aromatic nitrogens is 2. The highest BCUT2D eigenvalue weighted by Crippen LogP contribution is 2.13. The molecule has 0 aliphatic heterocycles. The maximum atomic E-state index is 8.50. The summed E-state index contributed by atoms with van der Waals surface area (Å²) in [6.07, 6.45) is 0.812. The Balaban J connectivity index is 2.28. The van der Waals surface area contributed by atoms with Gasteiger partial charge in [0.2, 0.25) is 11.8 Å². The van der Waals surface area contributed by atoms with E-state index in [0.717, 1.165) is 6.42 Å². The van der Waals surface area contributed by atoms with Gasteiger partial charge in [-0.1, -0.05) is 0 Å². The lowest BCUT2D eigenvalue weighted by atomic mass is 10.4. The van der Waals surface area contributed by atoms with Crippen molar-refractivity contribution in [1.82, 2.24) is 9.97 Å². The third-order valence-electron chi connectivity index (χ3n) is 1.94. The third-order valence-corrected chi connectivity index (χ3v) is 1.94. The Morgan fingerprint density at radius 3 is 2.94 bits per heavy atom.